The van der Waals surface area contributed by atoms with Gasteiger partial charge < -0.3 is 9.84 Å². The monoisotopic (exact) mass is 487 g/mol. The fourth-order valence-corrected chi connectivity index (χ4v) is 3.73. The van der Waals surface area contributed by atoms with Gasteiger partial charge in [0.05, 0.1) is 11.1 Å². The van der Waals surface area contributed by atoms with Crippen LogP contribution in [0.2, 0.25) is 5.02 Å². The van der Waals surface area contributed by atoms with E-state index in [-0.39, 0.29) is 16.1 Å². The van der Waals surface area contributed by atoms with Crippen LogP contribution >= 0.6 is 11.6 Å². The summed E-state index contributed by atoms with van der Waals surface area (Å²) in [4.78, 5) is 22.8. The number of sulfonamides is 1. The Morgan fingerprint density at radius 3 is 2.21 bits per heavy atom. The van der Waals surface area contributed by atoms with Crippen molar-refractivity contribution in [3.63, 3.8) is 0 Å². The Morgan fingerprint density at radius 2 is 1.61 bits per heavy atom. The summed E-state index contributed by atoms with van der Waals surface area (Å²) in [6.07, 6.45) is 1.41. The predicted octanol–water partition coefficient (Wildman–Crippen LogP) is 3.37. The number of aliphatic carboxylic acids is 1. The third-order valence-corrected chi connectivity index (χ3v) is 5.79. The van der Waals surface area contributed by atoms with Crippen LogP contribution in [0.5, 0.6) is 5.75 Å². The van der Waals surface area contributed by atoms with Gasteiger partial charge in [0.25, 0.3) is 15.9 Å². The average molecular weight is 488 g/mol. The molecule has 0 aliphatic heterocycles. The van der Waals surface area contributed by atoms with Gasteiger partial charge >= 0.3 is 5.97 Å². The largest absolute Gasteiger partial charge is 0.482 e. The minimum absolute atomic E-state index is 0.0598. The highest BCUT2D eigenvalue weighted by Gasteiger charge is 2.14. The van der Waals surface area contributed by atoms with Gasteiger partial charge in [-0.3, -0.25) is 9.52 Å². The number of amides is 1. The fourth-order valence-electron chi connectivity index (χ4n) is 2.54. The SMILES string of the molecule is O=C(O)COc1ccc(/C=N/NC(=O)c2ccc(NS(=O)(=O)c3ccc(Cl)cc3)cc2)cc1. The van der Waals surface area contributed by atoms with Crippen LogP contribution < -0.4 is 14.9 Å². The van der Waals surface area contributed by atoms with Gasteiger partial charge in [-0.2, -0.15) is 5.10 Å². The zero-order valence-electron chi connectivity index (χ0n) is 16.9. The number of hydrogen-bond acceptors (Lipinski definition) is 6. The van der Waals surface area contributed by atoms with Gasteiger partial charge in [-0.05, 0) is 78.4 Å². The molecule has 0 bridgehead atoms. The van der Waals surface area contributed by atoms with Crippen molar-refractivity contribution in [2.75, 3.05) is 11.3 Å². The summed E-state index contributed by atoms with van der Waals surface area (Å²) >= 11 is 5.78. The van der Waals surface area contributed by atoms with Crippen molar-refractivity contribution in [1.82, 2.24) is 5.43 Å². The van der Waals surface area contributed by atoms with E-state index in [2.05, 4.69) is 15.2 Å². The van der Waals surface area contributed by atoms with Crippen molar-refractivity contribution in [2.45, 2.75) is 4.90 Å². The fraction of sp³-hybridized carbons (Fsp3) is 0.0455. The number of carboxylic acid groups (broad SMARTS) is 1. The molecule has 3 aromatic carbocycles. The summed E-state index contributed by atoms with van der Waals surface area (Å²) in [6, 6.07) is 18.0. The average Bonchev–Trinajstić information content (AvgIpc) is 2.79. The summed E-state index contributed by atoms with van der Waals surface area (Å²) in [5, 5.41) is 12.9. The molecule has 0 aromatic heterocycles. The molecule has 1 amide bonds. The van der Waals surface area contributed by atoms with Crippen molar-refractivity contribution < 1.29 is 27.9 Å². The van der Waals surface area contributed by atoms with E-state index in [1.54, 1.807) is 24.3 Å². The smallest absolute Gasteiger partial charge is 0.341 e. The topological polar surface area (TPSA) is 134 Å². The number of hydrazone groups is 1. The first-order valence-corrected chi connectivity index (χ1v) is 11.3. The zero-order valence-corrected chi connectivity index (χ0v) is 18.5. The lowest BCUT2D eigenvalue weighted by Gasteiger charge is -2.09. The van der Waals surface area contributed by atoms with Crippen LogP contribution in [0.3, 0.4) is 0 Å². The molecule has 0 heterocycles. The second kappa shape index (κ2) is 10.6. The molecule has 3 N–H and O–H groups in total. The lowest BCUT2D eigenvalue weighted by molar-refractivity contribution is -0.139. The van der Waals surface area contributed by atoms with Crippen molar-refractivity contribution in [2.24, 2.45) is 5.10 Å². The molecule has 0 aliphatic rings. The molecule has 0 atom stereocenters. The minimum atomic E-state index is -3.79. The number of ether oxygens (including phenoxy) is 1. The lowest BCUT2D eigenvalue weighted by atomic mass is 10.2. The number of carbonyl (C=O) groups excluding carboxylic acids is 1. The number of halogens is 1. The van der Waals surface area contributed by atoms with Gasteiger partial charge in [0.2, 0.25) is 0 Å². The number of rotatable bonds is 9. The first kappa shape index (κ1) is 23.8. The standard InChI is InChI=1S/C22H18ClN3O6S/c23-17-5-11-20(12-6-17)33(30,31)26-18-7-3-16(4-8-18)22(29)25-24-13-15-1-9-19(10-2-15)32-14-21(27)28/h1-13,26H,14H2,(H,25,29)(H,27,28)/b24-13+. The summed E-state index contributed by atoms with van der Waals surface area (Å²) in [5.41, 5.74) is 3.59. The van der Waals surface area contributed by atoms with Crippen LogP contribution in [0.1, 0.15) is 15.9 Å². The molecular formula is C22H18ClN3O6S. The van der Waals surface area contributed by atoms with Crippen molar-refractivity contribution >= 4 is 45.4 Å². The van der Waals surface area contributed by atoms with E-state index in [1.807, 2.05) is 0 Å². The maximum atomic E-state index is 12.4. The summed E-state index contributed by atoms with van der Waals surface area (Å²) in [5.74, 6) is -1.17. The molecule has 0 aliphatic carbocycles. The highest BCUT2D eigenvalue weighted by atomic mass is 35.5. The highest BCUT2D eigenvalue weighted by molar-refractivity contribution is 7.92. The van der Waals surface area contributed by atoms with Gasteiger partial charge in [0.15, 0.2) is 6.61 Å². The molecule has 3 aromatic rings. The van der Waals surface area contributed by atoms with E-state index in [1.165, 1.54) is 54.7 Å². The van der Waals surface area contributed by atoms with E-state index in [0.717, 1.165) is 0 Å². The van der Waals surface area contributed by atoms with E-state index in [4.69, 9.17) is 21.4 Å². The number of carbonyl (C=O) groups is 2. The quantitative estimate of drug-likeness (QED) is 0.313. The third kappa shape index (κ3) is 7.06. The van der Waals surface area contributed by atoms with Gasteiger partial charge in [-0.15, -0.1) is 0 Å². The van der Waals surface area contributed by atoms with Gasteiger partial charge in [0.1, 0.15) is 5.75 Å². The molecule has 11 heteroatoms. The maximum Gasteiger partial charge on any atom is 0.341 e. The molecule has 0 saturated heterocycles. The highest BCUT2D eigenvalue weighted by Crippen LogP contribution is 2.19. The Morgan fingerprint density at radius 1 is 0.970 bits per heavy atom. The number of nitrogens with one attached hydrogen (secondary N) is 2. The van der Waals surface area contributed by atoms with Gasteiger partial charge in [0, 0.05) is 16.3 Å². The Kier molecular flexibility index (Phi) is 7.65. The molecule has 0 fully saturated rings. The van der Waals surface area contributed by atoms with Crippen LogP contribution in [0, 0.1) is 0 Å². The second-order valence-corrected chi connectivity index (χ2v) is 8.71. The van der Waals surface area contributed by atoms with Crippen LogP contribution in [0.15, 0.2) is 82.8 Å². The maximum absolute atomic E-state index is 12.4. The molecule has 3 rings (SSSR count). The molecule has 0 unspecified atom stereocenters. The Bertz CT molecular complexity index is 1260. The molecule has 170 valence electrons. The number of nitrogens with zero attached hydrogens (tertiary/aromatic N) is 1. The molecule has 9 nitrogen and oxygen atoms in total. The van der Waals surface area contributed by atoms with E-state index in [0.29, 0.717) is 16.3 Å². The van der Waals surface area contributed by atoms with Gasteiger partial charge in [-0.1, -0.05) is 11.6 Å². The van der Waals surface area contributed by atoms with E-state index >= 15 is 0 Å². The van der Waals surface area contributed by atoms with Crippen molar-refractivity contribution in [1.29, 1.82) is 0 Å². The summed E-state index contributed by atoms with van der Waals surface area (Å²) < 4.78 is 32.3. The second-order valence-electron chi connectivity index (χ2n) is 6.59. The Hall–Kier alpha value is -3.89. The van der Waals surface area contributed by atoms with Crippen LogP contribution in [-0.4, -0.2) is 38.2 Å². The number of hydrogen-bond donors (Lipinski definition) is 3. The van der Waals surface area contributed by atoms with Crippen molar-refractivity contribution in [3.05, 3.63) is 88.9 Å². The third-order valence-electron chi connectivity index (χ3n) is 4.15. The summed E-state index contributed by atoms with van der Waals surface area (Å²) in [6.45, 7) is -0.440. The zero-order chi connectivity index (χ0) is 23.8. The van der Waals surface area contributed by atoms with Gasteiger partial charge in [-0.25, -0.2) is 18.6 Å². The Labute approximate surface area is 194 Å². The van der Waals surface area contributed by atoms with Crippen LogP contribution in [-0.2, 0) is 14.8 Å². The van der Waals surface area contributed by atoms with Crippen molar-refractivity contribution in [3.8, 4) is 5.75 Å². The summed E-state index contributed by atoms with van der Waals surface area (Å²) in [7, 11) is -3.79. The van der Waals surface area contributed by atoms with E-state index < -0.39 is 28.5 Å². The lowest BCUT2D eigenvalue weighted by Crippen LogP contribution is -2.18. The Balaban J connectivity index is 1.55. The number of benzene rings is 3. The normalized spacial score (nSPS) is 11.2. The van der Waals surface area contributed by atoms with Crippen LogP contribution in [0.4, 0.5) is 5.69 Å². The number of carboxylic acids is 1. The van der Waals surface area contributed by atoms with E-state index in [9.17, 15) is 18.0 Å². The molecule has 0 spiro atoms. The molecular weight excluding hydrogens is 470 g/mol. The first-order valence-electron chi connectivity index (χ1n) is 9.39. The minimum Gasteiger partial charge on any atom is -0.482 e. The number of anilines is 1. The first-order chi connectivity index (χ1) is 15.7. The molecule has 0 saturated carbocycles. The molecule has 0 radical (unpaired) electrons. The molecule has 33 heavy (non-hydrogen) atoms. The van der Waals surface area contributed by atoms with Crippen LogP contribution in [0.25, 0.3) is 0 Å². The predicted molar refractivity (Wildman–Crippen MR) is 123 cm³/mol.